The van der Waals surface area contributed by atoms with Crippen molar-refractivity contribution in [1.29, 1.82) is 0 Å². The lowest BCUT2D eigenvalue weighted by atomic mass is 10.2. The highest BCUT2D eigenvalue weighted by Gasteiger charge is 2.31. The van der Waals surface area contributed by atoms with Gasteiger partial charge in [0, 0.05) is 18.0 Å². The van der Waals surface area contributed by atoms with E-state index in [9.17, 15) is 17.4 Å². The lowest BCUT2D eigenvalue weighted by Gasteiger charge is -2.10. The fraction of sp³-hybridized carbons (Fsp3) is 0.538. The Morgan fingerprint density at radius 1 is 1.15 bits per heavy atom. The van der Waals surface area contributed by atoms with Gasteiger partial charge in [0.2, 0.25) is 0 Å². The third-order valence-corrected chi connectivity index (χ3v) is 4.34. The Morgan fingerprint density at radius 2 is 1.80 bits per heavy atom. The van der Waals surface area contributed by atoms with Crippen LogP contribution in [0.4, 0.5) is 18.9 Å². The fourth-order valence-electron chi connectivity index (χ4n) is 1.74. The predicted octanol–water partition coefficient (Wildman–Crippen LogP) is 2.95. The number of hydrogen-bond donors (Lipinski definition) is 2. The maximum absolute atomic E-state index is 12.5. The first-order valence-corrected chi connectivity index (χ1v) is 7.64. The van der Waals surface area contributed by atoms with E-state index >= 15 is 0 Å². The van der Waals surface area contributed by atoms with Crippen LogP contribution in [0, 0.1) is 0 Å². The smallest absolute Gasteiger partial charge is 0.398 e. The first kappa shape index (κ1) is 17.0. The van der Waals surface area contributed by atoms with Crippen LogP contribution in [0.25, 0.3) is 0 Å². The minimum absolute atomic E-state index is 0.0893. The van der Waals surface area contributed by atoms with Gasteiger partial charge in [-0.15, -0.1) is 0 Å². The first-order valence-electron chi connectivity index (χ1n) is 6.32. The van der Waals surface area contributed by atoms with Crippen molar-refractivity contribution in [2.24, 2.45) is 0 Å². The molecule has 114 valence electrons. The maximum atomic E-state index is 12.5. The van der Waals surface area contributed by atoms with Crippen LogP contribution in [0.3, 0.4) is 0 Å². The zero-order valence-corrected chi connectivity index (χ0v) is 11.8. The predicted molar refractivity (Wildman–Crippen MR) is 72.7 cm³/mol. The molecule has 3 nitrogen and oxygen atoms in total. The summed E-state index contributed by atoms with van der Waals surface area (Å²) in [5.41, 5.74) is 4.62. The van der Waals surface area contributed by atoms with Crippen LogP contribution in [0.15, 0.2) is 23.1 Å². The number of halogens is 3. The summed E-state index contributed by atoms with van der Waals surface area (Å²) in [6, 6.07) is 2.90. The largest absolute Gasteiger partial charge is 0.416 e. The standard InChI is InChI=1S/C13H18F3NO2S/c14-13(15,16)10-5-6-12(11(17)9-10)20(19)8-4-2-1-3-7-18/h5-6,9,18H,1-4,7-8,17H2. The summed E-state index contributed by atoms with van der Waals surface area (Å²) in [5, 5.41) is 8.61. The number of alkyl halides is 3. The average molecular weight is 309 g/mol. The Labute approximate surface area is 118 Å². The highest BCUT2D eigenvalue weighted by Crippen LogP contribution is 2.32. The lowest BCUT2D eigenvalue weighted by molar-refractivity contribution is -0.137. The summed E-state index contributed by atoms with van der Waals surface area (Å²) in [4.78, 5) is 0.250. The minimum Gasteiger partial charge on any atom is -0.398 e. The molecule has 1 unspecified atom stereocenters. The molecule has 0 aliphatic rings. The van der Waals surface area contributed by atoms with E-state index in [-0.39, 0.29) is 17.2 Å². The highest BCUT2D eigenvalue weighted by atomic mass is 32.2. The van der Waals surface area contributed by atoms with Gasteiger partial charge in [0.05, 0.1) is 21.3 Å². The van der Waals surface area contributed by atoms with E-state index in [1.165, 1.54) is 6.07 Å². The monoisotopic (exact) mass is 309 g/mol. The molecule has 0 radical (unpaired) electrons. The fourth-order valence-corrected chi connectivity index (χ4v) is 2.97. The molecule has 0 heterocycles. The van der Waals surface area contributed by atoms with Gasteiger partial charge >= 0.3 is 6.18 Å². The molecule has 0 aliphatic carbocycles. The van der Waals surface area contributed by atoms with Crippen LogP contribution in [0.2, 0.25) is 0 Å². The average Bonchev–Trinajstić information content (AvgIpc) is 2.37. The zero-order chi connectivity index (χ0) is 15.2. The second-order valence-corrected chi connectivity index (χ2v) is 5.98. The van der Waals surface area contributed by atoms with Crippen LogP contribution in [0.5, 0.6) is 0 Å². The SMILES string of the molecule is Nc1cc(C(F)(F)F)ccc1S(=O)CCCCCCO. The van der Waals surface area contributed by atoms with Crippen LogP contribution < -0.4 is 5.73 Å². The number of unbranched alkanes of at least 4 members (excludes halogenated alkanes) is 3. The number of nitrogens with two attached hydrogens (primary N) is 1. The van der Waals surface area contributed by atoms with Crippen molar-refractivity contribution < 1.29 is 22.5 Å². The van der Waals surface area contributed by atoms with Crippen molar-refractivity contribution in [3.05, 3.63) is 23.8 Å². The summed E-state index contributed by atoms with van der Waals surface area (Å²) in [6.07, 6.45) is -1.39. The number of aliphatic hydroxyl groups excluding tert-OH is 1. The molecule has 0 bridgehead atoms. The number of rotatable bonds is 7. The van der Waals surface area contributed by atoms with E-state index in [1.807, 2.05) is 0 Å². The Kier molecular flexibility index (Phi) is 6.48. The topological polar surface area (TPSA) is 63.3 Å². The summed E-state index contributed by atoms with van der Waals surface area (Å²) in [7, 11) is -1.39. The zero-order valence-electron chi connectivity index (χ0n) is 10.9. The normalized spacial score (nSPS) is 13.4. The van der Waals surface area contributed by atoms with Gasteiger partial charge in [0.25, 0.3) is 0 Å². The molecular formula is C13H18F3NO2S. The third kappa shape index (κ3) is 5.13. The van der Waals surface area contributed by atoms with E-state index < -0.39 is 22.5 Å². The van der Waals surface area contributed by atoms with E-state index in [2.05, 4.69) is 0 Å². The number of benzene rings is 1. The molecule has 1 rings (SSSR count). The van der Waals surface area contributed by atoms with Crippen molar-refractivity contribution in [3.8, 4) is 0 Å². The molecule has 0 fully saturated rings. The molecule has 0 amide bonds. The summed E-state index contributed by atoms with van der Waals surface area (Å²) < 4.78 is 49.4. The maximum Gasteiger partial charge on any atom is 0.416 e. The van der Waals surface area contributed by atoms with Gasteiger partial charge in [-0.2, -0.15) is 13.2 Å². The van der Waals surface area contributed by atoms with Gasteiger partial charge in [0.15, 0.2) is 0 Å². The molecule has 3 N–H and O–H groups in total. The van der Waals surface area contributed by atoms with Crippen LogP contribution in [-0.2, 0) is 17.0 Å². The minimum atomic E-state index is -4.45. The molecule has 20 heavy (non-hydrogen) atoms. The summed E-state index contributed by atoms with van der Waals surface area (Å²) in [5.74, 6) is 0.362. The van der Waals surface area contributed by atoms with Crippen molar-refractivity contribution >= 4 is 16.5 Å². The van der Waals surface area contributed by atoms with Crippen molar-refractivity contribution in [1.82, 2.24) is 0 Å². The number of nitrogen functional groups attached to an aromatic ring is 1. The quantitative estimate of drug-likeness (QED) is 0.601. The molecule has 0 saturated heterocycles. The Morgan fingerprint density at radius 3 is 2.35 bits per heavy atom. The van der Waals surface area contributed by atoms with Crippen LogP contribution >= 0.6 is 0 Å². The van der Waals surface area contributed by atoms with Crippen molar-refractivity contribution in [2.75, 3.05) is 18.1 Å². The van der Waals surface area contributed by atoms with E-state index in [4.69, 9.17) is 10.8 Å². The molecular weight excluding hydrogens is 291 g/mol. The molecule has 1 aromatic rings. The Bertz CT molecular complexity index is 463. The number of aliphatic hydroxyl groups is 1. The van der Waals surface area contributed by atoms with E-state index in [0.717, 1.165) is 25.0 Å². The van der Waals surface area contributed by atoms with Crippen molar-refractivity contribution in [2.45, 2.75) is 36.8 Å². The second kappa shape index (κ2) is 7.64. The van der Waals surface area contributed by atoms with Gasteiger partial charge in [-0.1, -0.05) is 12.8 Å². The van der Waals surface area contributed by atoms with Crippen molar-refractivity contribution in [3.63, 3.8) is 0 Å². The molecule has 0 saturated carbocycles. The van der Waals surface area contributed by atoms with E-state index in [0.29, 0.717) is 18.6 Å². The molecule has 0 aromatic heterocycles. The van der Waals surface area contributed by atoms with Gasteiger partial charge in [-0.05, 0) is 31.0 Å². The summed E-state index contributed by atoms with van der Waals surface area (Å²) in [6.45, 7) is 0.134. The van der Waals surface area contributed by atoms with Gasteiger partial charge in [-0.3, -0.25) is 4.21 Å². The highest BCUT2D eigenvalue weighted by molar-refractivity contribution is 7.85. The molecule has 7 heteroatoms. The molecule has 0 spiro atoms. The van der Waals surface area contributed by atoms with Gasteiger partial charge < -0.3 is 10.8 Å². The van der Waals surface area contributed by atoms with Crippen LogP contribution in [0.1, 0.15) is 31.2 Å². The number of hydrogen-bond acceptors (Lipinski definition) is 3. The summed E-state index contributed by atoms with van der Waals surface area (Å²) >= 11 is 0. The third-order valence-electron chi connectivity index (χ3n) is 2.82. The van der Waals surface area contributed by atoms with Gasteiger partial charge in [-0.25, -0.2) is 0 Å². The molecule has 1 aromatic carbocycles. The van der Waals surface area contributed by atoms with Crippen LogP contribution in [-0.4, -0.2) is 21.7 Å². The number of anilines is 1. The first-order chi connectivity index (χ1) is 9.36. The lowest BCUT2D eigenvalue weighted by Crippen LogP contribution is -2.08. The van der Waals surface area contributed by atoms with Gasteiger partial charge in [0.1, 0.15) is 0 Å². The molecule has 0 aliphatic heterocycles. The second-order valence-electron chi connectivity index (χ2n) is 4.44. The van der Waals surface area contributed by atoms with E-state index in [1.54, 1.807) is 0 Å². The molecule has 1 atom stereocenters. The Hall–Kier alpha value is -1.08. The Balaban J connectivity index is 2.61.